The second kappa shape index (κ2) is 8.97. The molecule has 0 N–H and O–H groups in total. The summed E-state index contributed by atoms with van der Waals surface area (Å²) in [6.07, 6.45) is 0. The van der Waals surface area contributed by atoms with Gasteiger partial charge < -0.3 is 51.8 Å². The van der Waals surface area contributed by atoms with Gasteiger partial charge in [0.1, 0.15) is 0 Å². The molecule has 0 atom stereocenters. The van der Waals surface area contributed by atoms with Crippen LogP contribution in [0.15, 0.2) is 0 Å². The van der Waals surface area contributed by atoms with Crippen LogP contribution in [-0.4, -0.2) is 39.1 Å². The average molecular weight is 287 g/mol. The van der Waals surface area contributed by atoms with Gasteiger partial charge >= 0.3 is 39.1 Å². The molecule has 0 aliphatic carbocycles. The topological polar surface area (TPSA) is 0 Å². The second-order valence-corrected chi connectivity index (χ2v) is 1.48. The first-order valence-corrected chi connectivity index (χ1v) is 2.62. The van der Waals surface area contributed by atoms with E-state index in [4.69, 9.17) is 0 Å². The molecule has 0 heterocycles. The van der Waals surface area contributed by atoms with Gasteiger partial charge in [-0.25, -0.2) is 0 Å². The maximum absolute atomic E-state index is 9.75. The van der Waals surface area contributed by atoms with E-state index in [2.05, 4.69) is 0 Å². The summed E-state index contributed by atoms with van der Waals surface area (Å²) in [6.45, 7) is 0. The SMILES string of the molecule is F[B-](F)(F)F.F[B-](F)(F)F.F[B-](F)(F)F.[Al+3]. The van der Waals surface area contributed by atoms with Gasteiger partial charge in [-0.15, -0.1) is 0 Å². The van der Waals surface area contributed by atoms with E-state index in [9.17, 15) is 51.8 Å². The van der Waals surface area contributed by atoms with Gasteiger partial charge in [0.05, 0.1) is 0 Å². The van der Waals surface area contributed by atoms with Crippen LogP contribution in [0.5, 0.6) is 0 Å². The van der Waals surface area contributed by atoms with Crippen molar-refractivity contribution >= 4 is 39.1 Å². The number of rotatable bonds is 0. The Morgan fingerprint density at radius 2 is 0.312 bits per heavy atom. The molecule has 0 aliphatic heterocycles. The minimum Gasteiger partial charge on any atom is -0.418 e. The van der Waals surface area contributed by atoms with E-state index in [1.165, 1.54) is 0 Å². The van der Waals surface area contributed by atoms with Gasteiger partial charge in [-0.1, -0.05) is 0 Å². The van der Waals surface area contributed by atoms with Crippen LogP contribution in [0.25, 0.3) is 0 Å². The summed E-state index contributed by atoms with van der Waals surface area (Å²) < 4.78 is 117. The molecule has 16 heavy (non-hydrogen) atoms. The molecule has 16 heteroatoms. The van der Waals surface area contributed by atoms with E-state index in [-0.39, 0.29) is 17.4 Å². The summed E-state index contributed by atoms with van der Waals surface area (Å²) in [5, 5.41) is 0. The zero-order chi connectivity index (χ0) is 13.5. The molecule has 0 saturated carbocycles. The molecule has 0 nitrogen and oxygen atoms in total. The van der Waals surface area contributed by atoms with Gasteiger partial charge in [0, 0.05) is 0 Å². The molecule has 0 amide bonds. The monoisotopic (exact) mass is 288 g/mol. The van der Waals surface area contributed by atoms with Crippen LogP contribution in [0, 0.1) is 0 Å². The molecule has 0 bridgehead atoms. The van der Waals surface area contributed by atoms with Gasteiger partial charge in [-0.3, -0.25) is 0 Å². The van der Waals surface area contributed by atoms with E-state index in [1.807, 2.05) is 0 Å². The molecule has 0 aromatic heterocycles. The van der Waals surface area contributed by atoms with Crippen LogP contribution in [0.2, 0.25) is 0 Å². The van der Waals surface area contributed by atoms with Gasteiger partial charge in [0.15, 0.2) is 0 Å². The zero-order valence-corrected chi connectivity index (χ0v) is 8.00. The van der Waals surface area contributed by atoms with Crippen molar-refractivity contribution in [1.82, 2.24) is 0 Å². The zero-order valence-electron chi connectivity index (χ0n) is 6.84. The Kier molecular flexibility index (Phi) is 14.0. The van der Waals surface area contributed by atoms with E-state index in [0.29, 0.717) is 0 Å². The molecule has 0 spiro atoms. The largest absolute Gasteiger partial charge is 3.00 e. The van der Waals surface area contributed by atoms with Crippen LogP contribution in [-0.2, 0) is 0 Å². The molecule has 0 fully saturated rings. The van der Waals surface area contributed by atoms with Crippen molar-refractivity contribution in [3.8, 4) is 0 Å². The van der Waals surface area contributed by atoms with Crippen LogP contribution in [0.1, 0.15) is 0 Å². The number of hydrogen-bond donors (Lipinski definition) is 0. The van der Waals surface area contributed by atoms with Crippen molar-refractivity contribution < 1.29 is 51.8 Å². The molecule has 0 aromatic rings. The average Bonchev–Trinajstić information content (AvgIpc) is 1.41. The first kappa shape index (κ1) is 24.9. The Bertz CT molecular complexity index is 91.3. The van der Waals surface area contributed by atoms with E-state index >= 15 is 0 Å². The summed E-state index contributed by atoms with van der Waals surface area (Å²) in [4.78, 5) is 0. The van der Waals surface area contributed by atoms with Gasteiger partial charge in [0.25, 0.3) is 0 Å². The van der Waals surface area contributed by atoms with Crippen LogP contribution < -0.4 is 0 Å². The van der Waals surface area contributed by atoms with E-state index < -0.39 is 21.8 Å². The van der Waals surface area contributed by atoms with Crippen molar-refractivity contribution in [2.24, 2.45) is 0 Å². The molecule has 96 valence electrons. The maximum Gasteiger partial charge on any atom is 3.00 e. The predicted octanol–water partition coefficient (Wildman–Crippen LogP) is 3.52. The Hall–Kier alpha value is -0.113. The van der Waals surface area contributed by atoms with Crippen molar-refractivity contribution in [2.75, 3.05) is 0 Å². The molecule has 0 aromatic carbocycles. The van der Waals surface area contributed by atoms with Gasteiger partial charge in [0.2, 0.25) is 0 Å². The van der Waals surface area contributed by atoms with Gasteiger partial charge in [-0.2, -0.15) is 0 Å². The molecular formula is AlB3F12. The van der Waals surface area contributed by atoms with Crippen molar-refractivity contribution in [2.45, 2.75) is 0 Å². The second-order valence-electron chi connectivity index (χ2n) is 1.48. The third-order valence-corrected chi connectivity index (χ3v) is 0. The predicted molar refractivity (Wildman–Crippen MR) is 36.3 cm³/mol. The van der Waals surface area contributed by atoms with Gasteiger partial charge in [-0.05, 0) is 0 Å². The summed E-state index contributed by atoms with van der Waals surface area (Å²) >= 11 is 0. The summed E-state index contributed by atoms with van der Waals surface area (Å²) in [7, 11) is -18.0. The van der Waals surface area contributed by atoms with E-state index in [1.54, 1.807) is 0 Å². The van der Waals surface area contributed by atoms with Crippen LogP contribution in [0.4, 0.5) is 51.8 Å². The normalized spacial score (nSPS) is 11.2. The third-order valence-electron chi connectivity index (χ3n) is 0. The summed E-state index contributed by atoms with van der Waals surface area (Å²) in [5.41, 5.74) is 0. The van der Waals surface area contributed by atoms with Crippen LogP contribution in [0.3, 0.4) is 0 Å². The van der Waals surface area contributed by atoms with Crippen molar-refractivity contribution in [3.63, 3.8) is 0 Å². The minimum atomic E-state index is -6.00. The molecule has 0 saturated heterocycles. The van der Waals surface area contributed by atoms with Crippen molar-refractivity contribution in [1.29, 1.82) is 0 Å². The first-order valence-electron chi connectivity index (χ1n) is 2.62. The van der Waals surface area contributed by atoms with E-state index in [0.717, 1.165) is 0 Å². The smallest absolute Gasteiger partial charge is 0.418 e. The molecular weight excluding hydrogens is 287 g/mol. The third kappa shape index (κ3) is 182000. The van der Waals surface area contributed by atoms with Crippen molar-refractivity contribution in [3.05, 3.63) is 0 Å². The minimum absolute atomic E-state index is 0. The van der Waals surface area contributed by atoms with Crippen LogP contribution >= 0.6 is 0 Å². The fourth-order valence-corrected chi connectivity index (χ4v) is 0. The Balaban J connectivity index is -0.0000000655. The Morgan fingerprint density at radius 1 is 0.312 bits per heavy atom. The summed E-state index contributed by atoms with van der Waals surface area (Å²) in [5.74, 6) is 0. The fourth-order valence-electron chi connectivity index (χ4n) is 0. The molecule has 0 radical (unpaired) electrons. The summed E-state index contributed by atoms with van der Waals surface area (Å²) in [6, 6.07) is 0. The quantitative estimate of drug-likeness (QED) is 0.472. The fraction of sp³-hybridized carbons (Fsp3) is 0. The maximum atomic E-state index is 9.75. The standard InChI is InChI=1S/Al.3BF4/c;3*2-1(3,4)5/q+3;3*-1. The number of hydrogen-bond acceptors (Lipinski definition) is 0. The molecule has 0 unspecified atom stereocenters. The Morgan fingerprint density at radius 3 is 0.312 bits per heavy atom. The first-order chi connectivity index (χ1) is 6.00. The molecule has 0 aliphatic rings. The Labute approximate surface area is 91.8 Å². The number of halogens is 12. The molecule has 0 rings (SSSR count).